The maximum atomic E-state index is 12.6. The van der Waals surface area contributed by atoms with E-state index in [-0.39, 0.29) is 23.0 Å². The topological polar surface area (TPSA) is 62.1 Å². The van der Waals surface area contributed by atoms with Crippen molar-refractivity contribution < 1.29 is 9.53 Å². The highest BCUT2D eigenvalue weighted by Gasteiger charge is 2.15. The average Bonchev–Trinajstić information content (AvgIpc) is 2.62. The van der Waals surface area contributed by atoms with E-state index < -0.39 is 5.91 Å². The van der Waals surface area contributed by atoms with Crippen molar-refractivity contribution >= 4 is 40.9 Å². The van der Waals surface area contributed by atoms with Crippen LogP contribution in [0, 0.1) is 37.5 Å². The Morgan fingerprint density at radius 2 is 2.07 bits per heavy atom. The quantitative estimate of drug-likeness (QED) is 0.429. The molecule has 0 aliphatic heterocycles. The van der Waals surface area contributed by atoms with Crippen LogP contribution >= 0.6 is 23.2 Å². The van der Waals surface area contributed by atoms with Crippen LogP contribution in [0.1, 0.15) is 16.7 Å². The van der Waals surface area contributed by atoms with E-state index in [0.717, 1.165) is 11.1 Å². The van der Waals surface area contributed by atoms with Gasteiger partial charge in [-0.3, -0.25) is 4.79 Å². The van der Waals surface area contributed by atoms with Crippen molar-refractivity contribution in [3.8, 4) is 24.2 Å². The predicted octanol–water partition coefficient (Wildman–Crippen LogP) is 5.17. The molecule has 0 unspecified atom stereocenters. The summed E-state index contributed by atoms with van der Waals surface area (Å²) in [5.41, 5.74) is 2.85. The molecule has 0 fully saturated rings. The van der Waals surface area contributed by atoms with E-state index in [2.05, 4.69) is 11.2 Å². The summed E-state index contributed by atoms with van der Waals surface area (Å²) in [5.74, 6) is 2.05. The van der Waals surface area contributed by atoms with Gasteiger partial charge >= 0.3 is 0 Å². The maximum Gasteiger partial charge on any atom is 0.266 e. The Morgan fingerprint density at radius 1 is 1.33 bits per heavy atom. The van der Waals surface area contributed by atoms with Crippen LogP contribution in [0.15, 0.2) is 35.9 Å². The second-order valence-corrected chi connectivity index (χ2v) is 6.51. The zero-order valence-electron chi connectivity index (χ0n) is 14.8. The number of aryl methyl sites for hydroxylation is 1. The van der Waals surface area contributed by atoms with E-state index in [9.17, 15) is 10.1 Å². The monoisotopic (exact) mass is 398 g/mol. The van der Waals surface area contributed by atoms with Gasteiger partial charge in [-0.25, -0.2) is 0 Å². The zero-order valence-corrected chi connectivity index (χ0v) is 16.3. The largest absolute Gasteiger partial charge is 0.479 e. The number of ether oxygens (including phenoxy) is 1. The molecule has 27 heavy (non-hydrogen) atoms. The minimum absolute atomic E-state index is 0.0151. The van der Waals surface area contributed by atoms with E-state index >= 15 is 0 Å². The number of hydrogen-bond donors (Lipinski definition) is 1. The van der Waals surface area contributed by atoms with E-state index in [1.165, 1.54) is 12.1 Å². The van der Waals surface area contributed by atoms with Crippen LogP contribution in [-0.2, 0) is 4.79 Å². The summed E-state index contributed by atoms with van der Waals surface area (Å²) in [6.45, 7) is 3.82. The van der Waals surface area contributed by atoms with Crippen LogP contribution in [0.4, 0.5) is 5.69 Å². The van der Waals surface area contributed by atoms with Gasteiger partial charge in [0, 0.05) is 16.3 Å². The first kappa shape index (κ1) is 20.4. The number of nitrogens with one attached hydrogen (secondary N) is 1. The summed E-state index contributed by atoms with van der Waals surface area (Å²) in [6, 6.07) is 10.5. The summed E-state index contributed by atoms with van der Waals surface area (Å²) in [7, 11) is 0. The molecule has 0 saturated heterocycles. The molecule has 0 radical (unpaired) electrons. The molecule has 1 N–H and O–H groups in total. The highest BCUT2D eigenvalue weighted by molar-refractivity contribution is 6.36. The summed E-state index contributed by atoms with van der Waals surface area (Å²) in [5, 5.41) is 12.8. The number of nitriles is 1. The van der Waals surface area contributed by atoms with Crippen LogP contribution in [0.5, 0.6) is 5.75 Å². The van der Waals surface area contributed by atoms with E-state index in [4.69, 9.17) is 34.4 Å². The molecule has 0 aliphatic rings. The van der Waals surface area contributed by atoms with Gasteiger partial charge in [-0.2, -0.15) is 5.26 Å². The number of carbonyl (C=O) groups is 1. The lowest BCUT2D eigenvalue weighted by atomic mass is 10.1. The third-order valence-corrected chi connectivity index (χ3v) is 4.35. The highest BCUT2D eigenvalue weighted by Crippen LogP contribution is 2.34. The van der Waals surface area contributed by atoms with E-state index in [1.54, 1.807) is 12.1 Å². The zero-order chi connectivity index (χ0) is 20.0. The predicted molar refractivity (Wildman–Crippen MR) is 109 cm³/mol. The Balaban J connectivity index is 2.41. The molecule has 0 atom stereocenters. The van der Waals surface area contributed by atoms with Gasteiger partial charge in [0.15, 0.2) is 0 Å². The minimum atomic E-state index is -0.551. The van der Waals surface area contributed by atoms with Crippen molar-refractivity contribution in [2.75, 3.05) is 11.9 Å². The van der Waals surface area contributed by atoms with Gasteiger partial charge in [-0.1, -0.05) is 41.3 Å². The van der Waals surface area contributed by atoms with Gasteiger partial charge in [0.25, 0.3) is 5.91 Å². The molecule has 2 aromatic carbocycles. The Hall–Kier alpha value is -2.92. The maximum absolute atomic E-state index is 12.6. The number of benzene rings is 2. The number of anilines is 1. The van der Waals surface area contributed by atoms with Crippen molar-refractivity contribution in [1.29, 1.82) is 5.26 Å². The first-order chi connectivity index (χ1) is 12.9. The molecular weight excluding hydrogens is 383 g/mol. The van der Waals surface area contributed by atoms with Gasteiger partial charge in [-0.15, -0.1) is 6.42 Å². The molecular formula is C21H16Cl2N2O2. The molecule has 136 valence electrons. The molecule has 0 spiro atoms. The van der Waals surface area contributed by atoms with Gasteiger partial charge in [0.2, 0.25) is 0 Å². The molecule has 1 amide bonds. The lowest BCUT2D eigenvalue weighted by molar-refractivity contribution is -0.112. The molecule has 0 heterocycles. The van der Waals surface area contributed by atoms with Crippen LogP contribution in [0.2, 0.25) is 10.0 Å². The third-order valence-electron chi connectivity index (χ3n) is 3.85. The highest BCUT2D eigenvalue weighted by atomic mass is 35.5. The fraction of sp³-hybridized carbons (Fsp3) is 0.143. The van der Waals surface area contributed by atoms with Gasteiger partial charge in [0.05, 0.1) is 5.02 Å². The first-order valence-corrected chi connectivity index (χ1v) is 8.67. The number of amides is 1. The normalized spacial score (nSPS) is 10.7. The molecule has 0 bridgehead atoms. The molecule has 2 rings (SSSR count). The van der Waals surface area contributed by atoms with Crippen molar-refractivity contribution in [1.82, 2.24) is 0 Å². The average molecular weight is 399 g/mol. The number of carbonyl (C=O) groups excluding carboxylic acids is 1. The fourth-order valence-electron chi connectivity index (χ4n) is 2.33. The Morgan fingerprint density at radius 3 is 2.74 bits per heavy atom. The molecule has 0 aromatic heterocycles. The molecule has 2 aromatic rings. The van der Waals surface area contributed by atoms with Crippen LogP contribution in [-0.4, -0.2) is 12.5 Å². The van der Waals surface area contributed by atoms with Crippen molar-refractivity contribution in [3.05, 3.63) is 62.6 Å². The Kier molecular flexibility index (Phi) is 6.91. The van der Waals surface area contributed by atoms with Gasteiger partial charge in [-0.05, 0) is 49.2 Å². The van der Waals surface area contributed by atoms with E-state index in [1.807, 2.05) is 32.0 Å². The minimum Gasteiger partial charge on any atom is -0.479 e. The van der Waals surface area contributed by atoms with Crippen LogP contribution in [0.3, 0.4) is 0 Å². The fourth-order valence-corrected chi connectivity index (χ4v) is 2.90. The Labute approximate surface area is 168 Å². The summed E-state index contributed by atoms with van der Waals surface area (Å²) < 4.78 is 5.44. The molecule has 0 saturated carbocycles. The van der Waals surface area contributed by atoms with Crippen molar-refractivity contribution in [2.45, 2.75) is 13.8 Å². The number of rotatable bonds is 5. The molecule has 0 aliphatic carbocycles. The van der Waals surface area contributed by atoms with Crippen molar-refractivity contribution in [2.24, 2.45) is 0 Å². The van der Waals surface area contributed by atoms with Gasteiger partial charge < -0.3 is 10.1 Å². The summed E-state index contributed by atoms with van der Waals surface area (Å²) in [4.78, 5) is 12.6. The lowest BCUT2D eigenvalue weighted by Gasteiger charge is -2.12. The second-order valence-electron chi connectivity index (χ2n) is 5.67. The van der Waals surface area contributed by atoms with Crippen molar-refractivity contribution in [3.63, 3.8) is 0 Å². The molecule has 6 heteroatoms. The SMILES string of the molecule is C#CCOc1c(Cl)cc(Cl)cc1/C=C(\C#N)C(=O)Nc1cccc(C)c1C. The number of hydrogen-bond acceptors (Lipinski definition) is 3. The van der Waals surface area contributed by atoms with Crippen LogP contribution in [0.25, 0.3) is 6.08 Å². The molecule has 4 nitrogen and oxygen atoms in total. The van der Waals surface area contributed by atoms with Gasteiger partial charge in [0.1, 0.15) is 24.0 Å². The van der Waals surface area contributed by atoms with Crippen LogP contribution < -0.4 is 10.1 Å². The number of halogens is 2. The second kappa shape index (κ2) is 9.14. The first-order valence-electron chi connectivity index (χ1n) is 7.92. The number of terminal acetylenes is 1. The smallest absolute Gasteiger partial charge is 0.266 e. The van der Waals surface area contributed by atoms with E-state index in [0.29, 0.717) is 16.3 Å². The Bertz CT molecular complexity index is 998. The summed E-state index contributed by atoms with van der Waals surface area (Å²) >= 11 is 12.2. The standard InChI is InChI=1S/C21H16Cl2N2O2/c1-4-8-27-20-15(10-17(22)11-18(20)23)9-16(12-24)21(26)25-19-7-5-6-13(2)14(19)3/h1,5-7,9-11H,8H2,2-3H3,(H,25,26)/b16-9+. The summed E-state index contributed by atoms with van der Waals surface area (Å²) in [6.07, 6.45) is 6.58. The number of nitrogens with zero attached hydrogens (tertiary/aromatic N) is 1. The lowest BCUT2D eigenvalue weighted by Crippen LogP contribution is -2.14. The third kappa shape index (κ3) is 5.05.